The number of aromatic nitrogens is 1. The highest BCUT2D eigenvalue weighted by atomic mass is 32.2. The Morgan fingerprint density at radius 1 is 1.22 bits per heavy atom. The van der Waals surface area contributed by atoms with Crippen LogP contribution in [-0.2, 0) is 21.0 Å². The minimum atomic E-state index is -3.33. The molecule has 1 aromatic heterocycles. The topological polar surface area (TPSA) is 104 Å². The van der Waals surface area contributed by atoms with Crippen molar-refractivity contribution in [2.24, 2.45) is 0 Å². The van der Waals surface area contributed by atoms with Crippen LogP contribution in [0.2, 0.25) is 0 Å². The van der Waals surface area contributed by atoms with E-state index in [0.29, 0.717) is 24.5 Å². The summed E-state index contributed by atoms with van der Waals surface area (Å²) in [6.45, 7) is 0.700. The summed E-state index contributed by atoms with van der Waals surface area (Å²) in [6, 6.07) is 14.6. The molecule has 0 saturated carbocycles. The van der Waals surface area contributed by atoms with Crippen molar-refractivity contribution in [3.8, 4) is 5.75 Å². The largest absolute Gasteiger partial charge is 0.497 e. The molecule has 2 heterocycles. The number of benzene rings is 2. The van der Waals surface area contributed by atoms with Crippen molar-refractivity contribution >= 4 is 27.0 Å². The van der Waals surface area contributed by atoms with E-state index in [1.807, 2.05) is 30.3 Å². The van der Waals surface area contributed by atoms with Gasteiger partial charge in [-0.25, -0.2) is 13.4 Å². The first-order valence-corrected chi connectivity index (χ1v) is 12.3. The highest BCUT2D eigenvalue weighted by Gasteiger charge is 2.25. The van der Waals surface area contributed by atoms with E-state index < -0.39 is 9.84 Å². The monoisotopic (exact) mass is 453 g/mol. The lowest BCUT2D eigenvalue weighted by atomic mass is 9.98. The van der Waals surface area contributed by atoms with E-state index in [2.05, 4.69) is 10.3 Å². The molecule has 4 rings (SSSR count). The lowest BCUT2D eigenvalue weighted by Crippen LogP contribution is -2.10. The predicted octanol–water partition coefficient (Wildman–Crippen LogP) is 4.26. The fraction of sp³-hybridized carbons (Fsp3) is 0.292. The third kappa shape index (κ3) is 4.87. The zero-order valence-corrected chi connectivity index (χ0v) is 19.0. The van der Waals surface area contributed by atoms with E-state index in [9.17, 15) is 8.42 Å². The number of ether oxygens (including phenoxy) is 2. The number of sulfone groups is 1. The molecular formula is C24H27N3O4S. The highest BCUT2D eigenvalue weighted by molar-refractivity contribution is 7.90. The maximum atomic E-state index is 12.0. The van der Waals surface area contributed by atoms with Gasteiger partial charge in [-0.1, -0.05) is 18.2 Å². The maximum absolute atomic E-state index is 12.0. The molecule has 0 aliphatic carbocycles. The van der Waals surface area contributed by atoms with E-state index in [0.717, 1.165) is 41.0 Å². The number of hydrogen-bond acceptors (Lipinski definition) is 7. The zero-order valence-electron chi connectivity index (χ0n) is 18.2. The van der Waals surface area contributed by atoms with Crippen LogP contribution in [0.5, 0.6) is 5.75 Å². The first-order valence-electron chi connectivity index (χ1n) is 10.4. The Bertz CT molecular complexity index is 1200. The number of pyridine rings is 1. The molecule has 0 spiro atoms. The summed E-state index contributed by atoms with van der Waals surface area (Å²) in [7, 11) is -1.70. The van der Waals surface area contributed by atoms with Crippen LogP contribution in [0.1, 0.15) is 35.6 Å². The minimum absolute atomic E-state index is 0.0849. The van der Waals surface area contributed by atoms with Gasteiger partial charge in [-0.15, -0.1) is 0 Å². The van der Waals surface area contributed by atoms with Gasteiger partial charge in [0, 0.05) is 42.3 Å². The Morgan fingerprint density at radius 3 is 2.66 bits per heavy atom. The quantitative estimate of drug-likeness (QED) is 0.551. The van der Waals surface area contributed by atoms with E-state index in [4.69, 9.17) is 15.2 Å². The fourth-order valence-electron chi connectivity index (χ4n) is 3.87. The number of nitrogens with zero attached hydrogens (tertiary/aromatic N) is 1. The van der Waals surface area contributed by atoms with E-state index in [1.54, 1.807) is 31.5 Å². The van der Waals surface area contributed by atoms with Gasteiger partial charge in [0.25, 0.3) is 0 Å². The summed E-state index contributed by atoms with van der Waals surface area (Å²) < 4.78 is 35.3. The number of anilines is 3. The van der Waals surface area contributed by atoms with Crippen LogP contribution in [-0.4, -0.2) is 33.4 Å². The molecule has 0 amide bonds. The van der Waals surface area contributed by atoms with Crippen molar-refractivity contribution in [2.75, 3.05) is 31.0 Å². The van der Waals surface area contributed by atoms with E-state index in [1.165, 1.54) is 6.26 Å². The number of methoxy groups -OCH3 is 1. The Hall–Kier alpha value is -3.10. The zero-order chi connectivity index (χ0) is 22.7. The number of rotatable bonds is 7. The molecule has 1 unspecified atom stereocenters. The molecule has 3 aromatic rings. The summed E-state index contributed by atoms with van der Waals surface area (Å²) in [6.07, 6.45) is 5.29. The van der Waals surface area contributed by atoms with Crippen LogP contribution in [0, 0.1) is 0 Å². The van der Waals surface area contributed by atoms with Gasteiger partial charge in [-0.3, -0.25) is 0 Å². The average Bonchev–Trinajstić information content (AvgIpc) is 3.31. The lowest BCUT2D eigenvalue weighted by molar-refractivity contribution is 0.112. The summed E-state index contributed by atoms with van der Waals surface area (Å²) in [5, 5.41) is 3.43. The van der Waals surface area contributed by atoms with Gasteiger partial charge >= 0.3 is 0 Å². The summed E-state index contributed by atoms with van der Waals surface area (Å²) in [5.74, 6) is 1.20. The standard InChI is InChI=1S/C24H27N3O4S/c1-30-18-10-8-16(9-11-18)13-20-23(21(15-26-24(20)25)22-7-4-12-31-22)27-17-5-3-6-19(14-17)32(2,28)29/h3,5-6,8-11,14-15,22H,4,7,12-13H2,1-2H3,(H3,25,26,27). The third-order valence-electron chi connectivity index (χ3n) is 5.59. The normalized spacial score (nSPS) is 16.1. The van der Waals surface area contributed by atoms with Crippen LogP contribution in [0.4, 0.5) is 17.2 Å². The number of nitrogens with one attached hydrogen (secondary N) is 1. The molecule has 168 valence electrons. The van der Waals surface area contributed by atoms with Crippen molar-refractivity contribution in [2.45, 2.75) is 30.3 Å². The van der Waals surface area contributed by atoms with Crippen LogP contribution in [0.25, 0.3) is 0 Å². The second-order valence-electron chi connectivity index (χ2n) is 7.90. The Morgan fingerprint density at radius 2 is 2.00 bits per heavy atom. The number of nitrogen functional groups attached to an aromatic ring is 1. The van der Waals surface area contributed by atoms with Gasteiger partial charge in [-0.2, -0.15) is 0 Å². The van der Waals surface area contributed by atoms with Gasteiger partial charge in [0.1, 0.15) is 11.6 Å². The smallest absolute Gasteiger partial charge is 0.175 e. The van der Waals surface area contributed by atoms with Crippen LogP contribution >= 0.6 is 0 Å². The van der Waals surface area contributed by atoms with Crippen molar-refractivity contribution in [1.29, 1.82) is 0 Å². The maximum Gasteiger partial charge on any atom is 0.175 e. The highest BCUT2D eigenvalue weighted by Crippen LogP contribution is 2.39. The van der Waals surface area contributed by atoms with Gasteiger partial charge in [0.05, 0.1) is 23.8 Å². The minimum Gasteiger partial charge on any atom is -0.497 e. The summed E-state index contributed by atoms with van der Waals surface area (Å²) in [4.78, 5) is 4.70. The summed E-state index contributed by atoms with van der Waals surface area (Å²) >= 11 is 0. The van der Waals surface area contributed by atoms with Crippen molar-refractivity contribution < 1.29 is 17.9 Å². The molecular weight excluding hydrogens is 426 g/mol. The molecule has 0 radical (unpaired) electrons. The molecule has 1 aliphatic heterocycles. The molecule has 7 nitrogen and oxygen atoms in total. The predicted molar refractivity (Wildman–Crippen MR) is 125 cm³/mol. The molecule has 1 atom stereocenters. The first-order chi connectivity index (χ1) is 15.3. The van der Waals surface area contributed by atoms with Gasteiger partial charge in [-0.05, 0) is 48.7 Å². The average molecular weight is 454 g/mol. The van der Waals surface area contributed by atoms with Gasteiger partial charge in [0.15, 0.2) is 9.84 Å². The van der Waals surface area contributed by atoms with Gasteiger partial charge in [0.2, 0.25) is 0 Å². The van der Waals surface area contributed by atoms with E-state index in [-0.39, 0.29) is 11.0 Å². The lowest BCUT2D eigenvalue weighted by Gasteiger charge is -2.21. The van der Waals surface area contributed by atoms with Crippen LogP contribution in [0.3, 0.4) is 0 Å². The van der Waals surface area contributed by atoms with Crippen molar-refractivity contribution in [3.05, 3.63) is 71.4 Å². The van der Waals surface area contributed by atoms with E-state index >= 15 is 0 Å². The number of hydrogen-bond donors (Lipinski definition) is 2. The second-order valence-corrected chi connectivity index (χ2v) is 9.92. The molecule has 1 fully saturated rings. The molecule has 0 bridgehead atoms. The van der Waals surface area contributed by atoms with Crippen LogP contribution < -0.4 is 15.8 Å². The molecule has 32 heavy (non-hydrogen) atoms. The van der Waals surface area contributed by atoms with Crippen LogP contribution in [0.15, 0.2) is 59.6 Å². The number of nitrogens with two attached hydrogens (primary N) is 1. The molecule has 1 aliphatic rings. The van der Waals surface area contributed by atoms with Crippen molar-refractivity contribution in [1.82, 2.24) is 4.98 Å². The fourth-order valence-corrected chi connectivity index (χ4v) is 4.54. The second kappa shape index (κ2) is 9.18. The Balaban J connectivity index is 1.77. The van der Waals surface area contributed by atoms with Gasteiger partial charge < -0.3 is 20.5 Å². The first kappa shape index (κ1) is 22.1. The molecule has 1 saturated heterocycles. The third-order valence-corrected chi connectivity index (χ3v) is 6.70. The molecule has 8 heteroatoms. The Labute approximate surface area is 188 Å². The summed E-state index contributed by atoms with van der Waals surface area (Å²) in [5.41, 5.74) is 10.6. The molecule has 3 N–H and O–H groups in total. The van der Waals surface area contributed by atoms with Crippen molar-refractivity contribution in [3.63, 3.8) is 0 Å². The Kier molecular flexibility index (Phi) is 6.34. The molecule has 2 aromatic carbocycles. The SMILES string of the molecule is COc1ccc(Cc2c(N)ncc(C3CCCO3)c2Nc2cccc(S(C)(=O)=O)c2)cc1.